The number of piperazine rings is 1. The topological polar surface area (TPSA) is 60.9 Å². The van der Waals surface area contributed by atoms with Gasteiger partial charge >= 0.3 is 0 Å². The SMILES string of the molecule is CC(=O)N1CCN(C(=O)CCC(C)[C@H]2CC[C@H]3[C@@H]4CC=C5C[C@@H](O)CC[C@]5(C)[C@H]4CC[C@]23C)[C@H](C)C1. The van der Waals surface area contributed by atoms with Gasteiger partial charge < -0.3 is 14.9 Å². The Morgan fingerprint density at radius 2 is 1.89 bits per heavy atom. The molecule has 0 spiro atoms. The first-order chi connectivity index (χ1) is 17.0. The molecule has 202 valence electrons. The predicted octanol–water partition coefficient (Wildman–Crippen LogP) is 5.42. The Labute approximate surface area is 219 Å². The fraction of sp³-hybridized carbons (Fsp3) is 0.871. The van der Waals surface area contributed by atoms with Crippen LogP contribution in [-0.2, 0) is 9.59 Å². The second kappa shape index (κ2) is 9.75. The van der Waals surface area contributed by atoms with Gasteiger partial charge in [0.1, 0.15) is 0 Å². The summed E-state index contributed by atoms with van der Waals surface area (Å²) in [6.07, 6.45) is 13.6. The zero-order valence-corrected chi connectivity index (χ0v) is 23.5. The van der Waals surface area contributed by atoms with Crippen LogP contribution in [0.1, 0.15) is 98.8 Å². The largest absolute Gasteiger partial charge is 0.393 e. The Morgan fingerprint density at radius 3 is 2.61 bits per heavy atom. The van der Waals surface area contributed by atoms with E-state index in [1.165, 1.54) is 32.1 Å². The second-order valence-corrected chi connectivity index (χ2v) is 13.8. The highest BCUT2D eigenvalue weighted by molar-refractivity contribution is 5.77. The molecule has 0 aromatic heterocycles. The summed E-state index contributed by atoms with van der Waals surface area (Å²) in [7, 11) is 0. The van der Waals surface area contributed by atoms with Crippen molar-refractivity contribution in [2.75, 3.05) is 19.6 Å². The minimum absolute atomic E-state index is 0.112. The minimum Gasteiger partial charge on any atom is -0.393 e. The highest BCUT2D eigenvalue weighted by Crippen LogP contribution is 2.67. The average Bonchev–Trinajstić information content (AvgIpc) is 3.20. The lowest BCUT2D eigenvalue weighted by Crippen LogP contribution is -2.55. The number of amides is 2. The van der Waals surface area contributed by atoms with Gasteiger partial charge in [0.05, 0.1) is 6.10 Å². The van der Waals surface area contributed by atoms with Crippen LogP contribution in [0.2, 0.25) is 0 Å². The van der Waals surface area contributed by atoms with Gasteiger partial charge in [-0.2, -0.15) is 0 Å². The molecule has 4 fully saturated rings. The highest BCUT2D eigenvalue weighted by atomic mass is 16.3. The quantitative estimate of drug-likeness (QED) is 0.527. The van der Waals surface area contributed by atoms with Crippen molar-refractivity contribution in [3.8, 4) is 0 Å². The van der Waals surface area contributed by atoms with Crippen LogP contribution < -0.4 is 0 Å². The second-order valence-electron chi connectivity index (χ2n) is 13.8. The van der Waals surface area contributed by atoms with E-state index in [2.05, 4.69) is 33.8 Å². The third-order valence-electron chi connectivity index (χ3n) is 12.0. The van der Waals surface area contributed by atoms with Crippen LogP contribution in [0.5, 0.6) is 0 Å². The smallest absolute Gasteiger partial charge is 0.222 e. The molecule has 0 aromatic rings. The molecule has 1 N–H and O–H groups in total. The summed E-state index contributed by atoms with van der Waals surface area (Å²) < 4.78 is 0. The van der Waals surface area contributed by atoms with Crippen molar-refractivity contribution < 1.29 is 14.7 Å². The fourth-order valence-corrected chi connectivity index (χ4v) is 9.93. The van der Waals surface area contributed by atoms with Gasteiger partial charge in [-0.3, -0.25) is 9.59 Å². The molecule has 1 heterocycles. The molecule has 5 aliphatic rings. The maximum atomic E-state index is 13.1. The first-order valence-corrected chi connectivity index (χ1v) is 15.0. The molecule has 0 radical (unpaired) electrons. The van der Waals surface area contributed by atoms with Crippen LogP contribution in [0.4, 0.5) is 0 Å². The summed E-state index contributed by atoms with van der Waals surface area (Å²) >= 11 is 0. The first kappa shape index (κ1) is 26.3. The minimum atomic E-state index is -0.129. The molecule has 3 saturated carbocycles. The highest BCUT2D eigenvalue weighted by Gasteiger charge is 2.59. The molecule has 1 saturated heterocycles. The zero-order valence-electron chi connectivity index (χ0n) is 23.5. The number of carbonyl (C=O) groups is 2. The van der Waals surface area contributed by atoms with E-state index >= 15 is 0 Å². The number of hydrogen-bond acceptors (Lipinski definition) is 3. The Hall–Kier alpha value is -1.36. The number of fused-ring (bicyclic) bond motifs is 5. The van der Waals surface area contributed by atoms with Crippen LogP contribution in [0.25, 0.3) is 0 Å². The number of hydrogen-bond donors (Lipinski definition) is 1. The van der Waals surface area contributed by atoms with Crippen molar-refractivity contribution in [1.82, 2.24) is 9.80 Å². The molecule has 0 bridgehead atoms. The Morgan fingerprint density at radius 1 is 1.11 bits per heavy atom. The van der Waals surface area contributed by atoms with Crippen molar-refractivity contribution in [3.05, 3.63) is 11.6 Å². The molecular weight excluding hydrogens is 448 g/mol. The standard InChI is InChI=1S/C31H50N2O3/c1-20(6-11-29(36)33-17-16-32(22(3)34)19-21(33)2)26-9-10-27-25-8-7-23-18-24(35)12-14-30(23,4)28(25)13-15-31(26,27)5/h7,20-21,24-28,35H,6,8-19H2,1-5H3/t20?,21-,24+,25+,26-,27+,28+,30+,31-/m1/s1. The lowest BCUT2D eigenvalue weighted by atomic mass is 9.47. The summed E-state index contributed by atoms with van der Waals surface area (Å²) in [5.74, 6) is 4.07. The number of rotatable bonds is 4. The summed E-state index contributed by atoms with van der Waals surface area (Å²) in [5, 5.41) is 10.3. The Balaban J connectivity index is 1.21. The van der Waals surface area contributed by atoms with E-state index in [1.807, 2.05) is 9.80 Å². The summed E-state index contributed by atoms with van der Waals surface area (Å²) in [6, 6.07) is 0.112. The van der Waals surface area contributed by atoms with Gasteiger partial charge in [0.15, 0.2) is 0 Å². The zero-order chi connectivity index (χ0) is 25.8. The fourth-order valence-electron chi connectivity index (χ4n) is 9.93. The predicted molar refractivity (Wildman–Crippen MR) is 143 cm³/mol. The molecule has 0 aromatic carbocycles. The number of aliphatic hydroxyl groups excluding tert-OH is 1. The molecule has 2 amide bonds. The van der Waals surface area contributed by atoms with Crippen molar-refractivity contribution in [2.45, 2.75) is 111 Å². The third-order valence-corrected chi connectivity index (χ3v) is 12.0. The van der Waals surface area contributed by atoms with Crippen LogP contribution >= 0.6 is 0 Å². The molecule has 9 atom stereocenters. The number of carbonyl (C=O) groups excluding carboxylic acids is 2. The van der Waals surface area contributed by atoms with Crippen LogP contribution in [0.3, 0.4) is 0 Å². The lowest BCUT2D eigenvalue weighted by molar-refractivity contribution is -0.141. The summed E-state index contributed by atoms with van der Waals surface area (Å²) in [6.45, 7) is 13.2. The number of nitrogens with zero attached hydrogens (tertiary/aromatic N) is 2. The molecule has 5 heteroatoms. The monoisotopic (exact) mass is 498 g/mol. The summed E-state index contributed by atoms with van der Waals surface area (Å²) in [4.78, 5) is 28.8. The normalized spacial score (nSPS) is 43.2. The Kier molecular flexibility index (Phi) is 7.11. The van der Waals surface area contributed by atoms with Gasteiger partial charge in [-0.25, -0.2) is 0 Å². The van der Waals surface area contributed by atoms with E-state index in [0.29, 0.717) is 42.8 Å². The van der Waals surface area contributed by atoms with Crippen molar-refractivity contribution in [3.63, 3.8) is 0 Å². The van der Waals surface area contributed by atoms with Crippen molar-refractivity contribution >= 4 is 11.8 Å². The maximum absolute atomic E-state index is 13.1. The first-order valence-electron chi connectivity index (χ1n) is 15.0. The lowest BCUT2D eigenvalue weighted by Gasteiger charge is -2.58. The van der Waals surface area contributed by atoms with Gasteiger partial charge in [-0.15, -0.1) is 0 Å². The van der Waals surface area contributed by atoms with Crippen LogP contribution in [0.15, 0.2) is 11.6 Å². The molecular formula is C31H50N2O3. The molecule has 4 aliphatic carbocycles. The Bertz CT molecular complexity index is 900. The molecule has 1 aliphatic heterocycles. The average molecular weight is 499 g/mol. The molecule has 36 heavy (non-hydrogen) atoms. The van der Waals surface area contributed by atoms with E-state index in [1.54, 1.807) is 12.5 Å². The summed E-state index contributed by atoms with van der Waals surface area (Å²) in [5.41, 5.74) is 2.27. The molecule has 5 rings (SSSR count). The van der Waals surface area contributed by atoms with Gasteiger partial charge in [-0.1, -0.05) is 32.4 Å². The van der Waals surface area contributed by atoms with Crippen molar-refractivity contribution in [1.29, 1.82) is 0 Å². The van der Waals surface area contributed by atoms with Crippen LogP contribution in [-0.4, -0.2) is 58.5 Å². The van der Waals surface area contributed by atoms with E-state index in [-0.39, 0.29) is 24.0 Å². The van der Waals surface area contributed by atoms with Gasteiger partial charge in [-0.05, 0) is 105 Å². The van der Waals surface area contributed by atoms with Crippen molar-refractivity contribution in [2.24, 2.45) is 40.4 Å². The third kappa shape index (κ3) is 4.35. The molecule has 5 nitrogen and oxygen atoms in total. The van der Waals surface area contributed by atoms with E-state index < -0.39 is 0 Å². The number of aliphatic hydroxyl groups is 1. The maximum Gasteiger partial charge on any atom is 0.222 e. The van der Waals surface area contributed by atoms with Gasteiger partial charge in [0.2, 0.25) is 11.8 Å². The van der Waals surface area contributed by atoms with E-state index in [4.69, 9.17) is 0 Å². The van der Waals surface area contributed by atoms with Gasteiger partial charge in [0.25, 0.3) is 0 Å². The van der Waals surface area contributed by atoms with Gasteiger partial charge in [0, 0.05) is 39.0 Å². The van der Waals surface area contributed by atoms with Crippen LogP contribution in [0, 0.1) is 40.4 Å². The van der Waals surface area contributed by atoms with E-state index in [9.17, 15) is 14.7 Å². The van der Waals surface area contributed by atoms with E-state index in [0.717, 1.165) is 49.4 Å². The molecule has 1 unspecified atom stereocenters. The number of allylic oxidation sites excluding steroid dienone is 1.